The summed E-state index contributed by atoms with van der Waals surface area (Å²) in [6, 6.07) is -2.40. The van der Waals surface area contributed by atoms with Crippen LogP contribution in [0.5, 0.6) is 0 Å². The fraction of sp³-hybridized carbons (Fsp3) is 0.611. The van der Waals surface area contributed by atoms with Gasteiger partial charge in [-0.25, -0.2) is 4.98 Å². The van der Waals surface area contributed by atoms with Crippen molar-refractivity contribution < 1.29 is 24.3 Å². The molecule has 2 heterocycles. The molecule has 3 unspecified atom stereocenters. The van der Waals surface area contributed by atoms with E-state index in [0.717, 1.165) is 5.75 Å². The number of H-pyrrole nitrogens is 1. The summed E-state index contributed by atoms with van der Waals surface area (Å²) in [4.78, 5) is 57.0. The van der Waals surface area contributed by atoms with Crippen LogP contribution in [0.25, 0.3) is 0 Å². The van der Waals surface area contributed by atoms with Crippen LogP contribution in [0.15, 0.2) is 12.5 Å². The van der Waals surface area contributed by atoms with Crippen molar-refractivity contribution >= 4 is 35.5 Å². The largest absolute Gasteiger partial charge is 0.480 e. The number of carboxylic acids is 1. The first kappa shape index (κ1) is 23.7. The quantitative estimate of drug-likeness (QED) is 0.283. The molecule has 0 spiro atoms. The lowest BCUT2D eigenvalue weighted by Gasteiger charge is -2.28. The zero-order valence-electron chi connectivity index (χ0n) is 16.8. The van der Waals surface area contributed by atoms with Gasteiger partial charge in [-0.15, -0.1) is 0 Å². The molecular weight excluding hydrogens is 412 g/mol. The highest BCUT2D eigenvalue weighted by Crippen LogP contribution is 2.19. The minimum atomic E-state index is -1.19. The van der Waals surface area contributed by atoms with Gasteiger partial charge in [-0.05, 0) is 31.3 Å². The standard InChI is InChI=1S/C18H28N6O5S/c1-30-6-4-12(19)18(29)24-5-2-3-14(24)17(28)23-13(7-11-8-20-10-22-11)16(27)21-9-15(25)26/h8,10,12-14H,2-7,9,19H2,1H3,(H,20,22)(H,21,27)(H,23,28)(H,25,26). The van der Waals surface area contributed by atoms with E-state index in [1.165, 1.54) is 17.4 Å². The van der Waals surface area contributed by atoms with E-state index in [1.807, 2.05) is 6.26 Å². The van der Waals surface area contributed by atoms with Crippen LogP contribution in [-0.4, -0.2) is 86.9 Å². The molecular formula is C18H28N6O5S. The van der Waals surface area contributed by atoms with E-state index < -0.39 is 42.5 Å². The maximum atomic E-state index is 12.9. The summed E-state index contributed by atoms with van der Waals surface area (Å²) >= 11 is 1.59. The Morgan fingerprint density at radius 1 is 1.43 bits per heavy atom. The van der Waals surface area contributed by atoms with Gasteiger partial charge in [0, 0.05) is 24.9 Å². The number of aliphatic carboxylic acids is 1. The predicted molar refractivity (Wildman–Crippen MR) is 111 cm³/mol. The lowest BCUT2D eigenvalue weighted by molar-refractivity contribution is -0.141. The van der Waals surface area contributed by atoms with Crippen LogP contribution in [0.1, 0.15) is 25.0 Å². The number of nitrogens with two attached hydrogens (primary N) is 1. The summed E-state index contributed by atoms with van der Waals surface area (Å²) in [5, 5.41) is 13.7. The number of aromatic amines is 1. The fourth-order valence-electron chi connectivity index (χ4n) is 3.26. The van der Waals surface area contributed by atoms with E-state index in [4.69, 9.17) is 10.8 Å². The van der Waals surface area contributed by atoms with Gasteiger partial charge in [0.15, 0.2) is 0 Å². The van der Waals surface area contributed by atoms with Crippen LogP contribution in [0.2, 0.25) is 0 Å². The zero-order chi connectivity index (χ0) is 22.1. The molecule has 1 fully saturated rings. The number of nitrogens with zero attached hydrogens (tertiary/aromatic N) is 2. The van der Waals surface area contributed by atoms with Gasteiger partial charge >= 0.3 is 5.97 Å². The van der Waals surface area contributed by atoms with Crippen LogP contribution in [-0.2, 0) is 25.6 Å². The second-order valence-corrected chi connectivity index (χ2v) is 8.02. The number of aromatic nitrogens is 2. The van der Waals surface area contributed by atoms with Gasteiger partial charge in [0.25, 0.3) is 0 Å². The normalized spacial score (nSPS) is 17.9. The molecule has 6 N–H and O–H groups in total. The van der Waals surface area contributed by atoms with Crippen molar-refractivity contribution in [1.82, 2.24) is 25.5 Å². The highest BCUT2D eigenvalue weighted by atomic mass is 32.2. The van der Waals surface area contributed by atoms with Crippen LogP contribution in [0.3, 0.4) is 0 Å². The van der Waals surface area contributed by atoms with Gasteiger partial charge in [-0.3, -0.25) is 19.2 Å². The summed E-state index contributed by atoms with van der Waals surface area (Å²) in [7, 11) is 0. The number of thioether (sulfide) groups is 1. The van der Waals surface area contributed by atoms with Crippen molar-refractivity contribution in [2.45, 2.75) is 43.8 Å². The van der Waals surface area contributed by atoms with Gasteiger partial charge in [0.2, 0.25) is 17.7 Å². The molecule has 1 aromatic heterocycles. The van der Waals surface area contributed by atoms with E-state index in [1.54, 1.807) is 11.8 Å². The predicted octanol–water partition coefficient (Wildman–Crippen LogP) is -1.29. The third kappa shape index (κ3) is 6.73. The van der Waals surface area contributed by atoms with Gasteiger partial charge < -0.3 is 31.4 Å². The maximum absolute atomic E-state index is 12.9. The molecule has 0 aromatic carbocycles. The molecule has 2 rings (SSSR count). The summed E-state index contributed by atoms with van der Waals surface area (Å²) in [5.41, 5.74) is 6.59. The van der Waals surface area contributed by atoms with Crippen molar-refractivity contribution in [2.24, 2.45) is 5.73 Å². The van der Waals surface area contributed by atoms with E-state index in [0.29, 0.717) is 31.5 Å². The topological polar surface area (TPSA) is 171 Å². The average molecular weight is 441 g/mol. The second kappa shape index (κ2) is 11.6. The Labute approximate surface area is 178 Å². The van der Waals surface area contributed by atoms with Crippen molar-refractivity contribution in [3.05, 3.63) is 18.2 Å². The molecule has 0 saturated carbocycles. The van der Waals surface area contributed by atoms with Crippen LogP contribution in [0.4, 0.5) is 0 Å². The lowest BCUT2D eigenvalue weighted by Crippen LogP contribution is -2.56. The molecule has 0 bridgehead atoms. The molecule has 3 atom stereocenters. The van der Waals surface area contributed by atoms with Gasteiger partial charge in [0.05, 0.1) is 12.4 Å². The first-order valence-corrected chi connectivity index (χ1v) is 11.0. The van der Waals surface area contributed by atoms with Gasteiger partial charge in [-0.1, -0.05) is 0 Å². The number of hydrogen-bond acceptors (Lipinski definition) is 7. The lowest BCUT2D eigenvalue weighted by atomic mass is 10.1. The number of imidazole rings is 1. The number of carbonyl (C=O) groups is 4. The molecule has 12 heteroatoms. The highest BCUT2D eigenvalue weighted by Gasteiger charge is 2.37. The Bertz CT molecular complexity index is 743. The summed E-state index contributed by atoms with van der Waals surface area (Å²) in [5.74, 6) is -1.82. The van der Waals surface area contributed by atoms with Crippen LogP contribution < -0.4 is 16.4 Å². The molecule has 1 aliphatic rings. The first-order chi connectivity index (χ1) is 14.3. The van der Waals surface area contributed by atoms with Crippen molar-refractivity contribution in [1.29, 1.82) is 0 Å². The Hall–Kier alpha value is -2.60. The first-order valence-electron chi connectivity index (χ1n) is 9.65. The smallest absolute Gasteiger partial charge is 0.322 e. The maximum Gasteiger partial charge on any atom is 0.322 e. The number of nitrogens with one attached hydrogen (secondary N) is 3. The molecule has 0 aliphatic carbocycles. The van der Waals surface area contributed by atoms with Crippen molar-refractivity contribution in [3.8, 4) is 0 Å². The number of hydrogen-bond donors (Lipinski definition) is 5. The molecule has 11 nitrogen and oxygen atoms in total. The number of amides is 3. The Balaban J connectivity index is 2.05. The second-order valence-electron chi connectivity index (χ2n) is 7.03. The number of rotatable bonds is 11. The highest BCUT2D eigenvalue weighted by molar-refractivity contribution is 7.98. The molecule has 166 valence electrons. The molecule has 0 radical (unpaired) electrons. The van der Waals surface area contributed by atoms with Crippen molar-refractivity contribution in [2.75, 3.05) is 25.1 Å². The van der Waals surface area contributed by atoms with Crippen LogP contribution >= 0.6 is 11.8 Å². The Morgan fingerprint density at radius 3 is 2.83 bits per heavy atom. The minimum absolute atomic E-state index is 0.102. The monoisotopic (exact) mass is 440 g/mol. The average Bonchev–Trinajstić information content (AvgIpc) is 3.40. The number of likely N-dealkylation sites (tertiary alicyclic amines) is 1. The summed E-state index contributed by atoms with van der Waals surface area (Å²) in [6.07, 6.45) is 6.64. The molecule has 3 amide bonds. The molecule has 1 aliphatic heterocycles. The number of carbonyl (C=O) groups excluding carboxylic acids is 3. The molecule has 1 saturated heterocycles. The van der Waals surface area contributed by atoms with E-state index in [-0.39, 0.29) is 12.3 Å². The third-order valence-electron chi connectivity index (χ3n) is 4.81. The van der Waals surface area contributed by atoms with E-state index in [9.17, 15) is 19.2 Å². The van der Waals surface area contributed by atoms with Crippen molar-refractivity contribution in [3.63, 3.8) is 0 Å². The number of carboxylic acid groups (broad SMARTS) is 1. The summed E-state index contributed by atoms with van der Waals surface area (Å²) in [6.45, 7) is -0.132. The minimum Gasteiger partial charge on any atom is -0.480 e. The summed E-state index contributed by atoms with van der Waals surface area (Å²) < 4.78 is 0. The Kier molecular flexibility index (Phi) is 9.12. The zero-order valence-corrected chi connectivity index (χ0v) is 17.6. The molecule has 30 heavy (non-hydrogen) atoms. The van der Waals surface area contributed by atoms with Gasteiger partial charge in [0.1, 0.15) is 18.6 Å². The SMILES string of the molecule is CSCCC(N)C(=O)N1CCCC1C(=O)NC(Cc1cnc[nH]1)C(=O)NCC(=O)O. The van der Waals surface area contributed by atoms with E-state index >= 15 is 0 Å². The fourth-order valence-corrected chi connectivity index (χ4v) is 3.75. The Morgan fingerprint density at radius 2 is 2.20 bits per heavy atom. The van der Waals surface area contributed by atoms with E-state index in [2.05, 4.69) is 20.6 Å². The van der Waals surface area contributed by atoms with Crippen LogP contribution in [0, 0.1) is 0 Å². The molecule has 1 aromatic rings. The van der Waals surface area contributed by atoms with Gasteiger partial charge in [-0.2, -0.15) is 11.8 Å². The third-order valence-corrected chi connectivity index (χ3v) is 5.46.